The zero-order valence-electron chi connectivity index (χ0n) is 12.7. The molecule has 0 aromatic heterocycles. The number of hydrogen-bond acceptors (Lipinski definition) is 5. The lowest BCUT2D eigenvalue weighted by Gasteiger charge is -2.15. The van der Waals surface area contributed by atoms with Crippen molar-refractivity contribution in [2.24, 2.45) is 0 Å². The van der Waals surface area contributed by atoms with E-state index in [9.17, 15) is 14.7 Å². The van der Waals surface area contributed by atoms with Gasteiger partial charge in [0.1, 0.15) is 17.1 Å². The summed E-state index contributed by atoms with van der Waals surface area (Å²) in [7, 11) is 0. The Balaban J connectivity index is 1.66. The van der Waals surface area contributed by atoms with E-state index in [1.165, 1.54) is 0 Å². The van der Waals surface area contributed by atoms with Gasteiger partial charge in [0.2, 0.25) is 0 Å². The van der Waals surface area contributed by atoms with E-state index in [2.05, 4.69) is 10.6 Å². The number of benzene rings is 2. The molecule has 0 unspecified atom stereocenters. The largest absolute Gasteiger partial charge is 0.508 e. The summed E-state index contributed by atoms with van der Waals surface area (Å²) in [5.41, 5.74) is 1.11. The zero-order chi connectivity index (χ0) is 17.1. The summed E-state index contributed by atoms with van der Waals surface area (Å²) in [6.45, 7) is 0.476. The minimum Gasteiger partial charge on any atom is -0.508 e. The Morgan fingerprint density at radius 1 is 0.958 bits per heavy atom. The van der Waals surface area contributed by atoms with E-state index in [0.29, 0.717) is 23.7 Å². The smallest absolute Gasteiger partial charge is 0.253 e. The molecular formula is C18H15ClN2O3. The minimum atomic E-state index is -0.537. The standard InChI is InChI=1S/C18H15ClN2O3/c19-12-4-6-13(7-5-12)21-16-15(17(23)18(16)24)20-9-8-11-2-1-3-14(22)10-11/h1-7,10,20-22H,8-9H2. The molecular weight excluding hydrogens is 328 g/mol. The first kappa shape index (κ1) is 16.1. The van der Waals surface area contributed by atoms with Gasteiger partial charge in [0.15, 0.2) is 0 Å². The molecule has 0 atom stereocenters. The van der Waals surface area contributed by atoms with Crippen LogP contribution < -0.4 is 21.5 Å². The SMILES string of the molecule is O=c1c(NCCc2cccc(O)c2)c(Nc2ccc(Cl)cc2)c1=O. The van der Waals surface area contributed by atoms with Crippen LogP contribution >= 0.6 is 11.6 Å². The molecule has 6 heteroatoms. The van der Waals surface area contributed by atoms with Crippen LogP contribution in [0.4, 0.5) is 17.1 Å². The molecule has 0 saturated carbocycles. The highest BCUT2D eigenvalue weighted by molar-refractivity contribution is 6.30. The summed E-state index contributed by atoms with van der Waals surface area (Å²) < 4.78 is 0. The Kier molecular flexibility index (Phi) is 4.53. The van der Waals surface area contributed by atoms with Gasteiger partial charge in [-0.15, -0.1) is 0 Å². The highest BCUT2D eigenvalue weighted by Gasteiger charge is 2.20. The van der Waals surface area contributed by atoms with Gasteiger partial charge in [-0.25, -0.2) is 0 Å². The third-order valence-electron chi connectivity index (χ3n) is 3.65. The Labute approximate surface area is 143 Å². The number of anilines is 3. The maximum atomic E-state index is 11.8. The van der Waals surface area contributed by atoms with Gasteiger partial charge in [-0.1, -0.05) is 23.7 Å². The van der Waals surface area contributed by atoms with Gasteiger partial charge in [-0.05, 0) is 48.4 Å². The van der Waals surface area contributed by atoms with Gasteiger partial charge in [0.25, 0.3) is 10.9 Å². The summed E-state index contributed by atoms with van der Waals surface area (Å²) in [4.78, 5) is 23.5. The molecule has 3 rings (SSSR count). The van der Waals surface area contributed by atoms with Crippen molar-refractivity contribution in [1.82, 2.24) is 0 Å². The van der Waals surface area contributed by atoms with Crippen molar-refractivity contribution in [3.63, 3.8) is 0 Å². The van der Waals surface area contributed by atoms with E-state index >= 15 is 0 Å². The monoisotopic (exact) mass is 342 g/mol. The predicted molar refractivity (Wildman–Crippen MR) is 96.4 cm³/mol. The molecule has 0 spiro atoms. The van der Waals surface area contributed by atoms with Crippen molar-refractivity contribution in [1.29, 1.82) is 0 Å². The average molecular weight is 343 g/mol. The Morgan fingerprint density at radius 3 is 2.38 bits per heavy atom. The third kappa shape index (κ3) is 3.41. The molecule has 3 N–H and O–H groups in total. The number of hydrogen-bond donors (Lipinski definition) is 3. The van der Waals surface area contributed by atoms with Crippen molar-refractivity contribution in [2.75, 3.05) is 17.2 Å². The van der Waals surface area contributed by atoms with Gasteiger partial charge < -0.3 is 15.7 Å². The van der Waals surface area contributed by atoms with Crippen LogP contribution in [0.3, 0.4) is 0 Å². The van der Waals surface area contributed by atoms with Crippen molar-refractivity contribution >= 4 is 28.7 Å². The van der Waals surface area contributed by atoms with E-state index in [0.717, 1.165) is 5.56 Å². The minimum absolute atomic E-state index is 0.201. The number of nitrogens with one attached hydrogen (secondary N) is 2. The highest BCUT2D eigenvalue weighted by atomic mass is 35.5. The lowest BCUT2D eigenvalue weighted by Crippen LogP contribution is -2.37. The van der Waals surface area contributed by atoms with Gasteiger partial charge in [0.05, 0.1) is 0 Å². The van der Waals surface area contributed by atoms with Crippen LogP contribution in [0, 0.1) is 0 Å². The summed E-state index contributed by atoms with van der Waals surface area (Å²) in [5.74, 6) is 0.201. The Hall–Kier alpha value is -2.79. The van der Waals surface area contributed by atoms with E-state index in [4.69, 9.17) is 11.6 Å². The molecule has 0 saturated heterocycles. The second kappa shape index (κ2) is 6.76. The third-order valence-corrected chi connectivity index (χ3v) is 3.90. The molecule has 0 aliphatic carbocycles. The second-order valence-electron chi connectivity index (χ2n) is 5.39. The maximum absolute atomic E-state index is 11.8. The molecule has 0 aliphatic heterocycles. The van der Waals surface area contributed by atoms with E-state index in [1.54, 1.807) is 42.5 Å². The highest BCUT2D eigenvalue weighted by Crippen LogP contribution is 2.22. The summed E-state index contributed by atoms with van der Waals surface area (Å²) in [6.07, 6.45) is 0.619. The number of rotatable bonds is 6. The van der Waals surface area contributed by atoms with Gasteiger partial charge in [-0.3, -0.25) is 9.59 Å². The van der Waals surface area contributed by atoms with Crippen LogP contribution in [0.25, 0.3) is 0 Å². The van der Waals surface area contributed by atoms with E-state index < -0.39 is 10.9 Å². The maximum Gasteiger partial charge on any atom is 0.253 e. The first-order valence-corrected chi connectivity index (χ1v) is 7.80. The van der Waals surface area contributed by atoms with Crippen LogP contribution in [0.5, 0.6) is 5.75 Å². The first-order valence-electron chi connectivity index (χ1n) is 7.42. The molecule has 5 nitrogen and oxygen atoms in total. The van der Waals surface area contributed by atoms with Crippen LogP contribution in [-0.4, -0.2) is 11.7 Å². The molecule has 0 fully saturated rings. The van der Waals surface area contributed by atoms with Gasteiger partial charge >= 0.3 is 0 Å². The van der Waals surface area contributed by atoms with Crippen LogP contribution in [0.1, 0.15) is 5.56 Å². The normalized spacial score (nSPS) is 10.7. The lowest BCUT2D eigenvalue weighted by molar-refractivity contribution is 0.474. The predicted octanol–water partition coefficient (Wildman–Crippen LogP) is 3.04. The van der Waals surface area contributed by atoms with Crippen molar-refractivity contribution in [2.45, 2.75) is 6.42 Å². The first-order chi connectivity index (χ1) is 11.5. The fourth-order valence-corrected chi connectivity index (χ4v) is 2.53. The molecule has 3 aromatic carbocycles. The van der Waals surface area contributed by atoms with Crippen LogP contribution in [-0.2, 0) is 6.42 Å². The molecule has 0 heterocycles. The topological polar surface area (TPSA) is 78.4 Å². The molecule has 122 valence electrons. The fourth-order valence-electron chi connectivity index (χ4n) is 2.40. The van der Waals surface area contributed by atoms with E-state index in [1.807, 2.05) is 6.07 Å². The number of halogens is 1. The molecule has 24 heavy (non-hydrogen) atoms. The van der Waals surface area contributed by atoms with Crippen molar-refractivity contribution < 1.29 is 5.11 Å². The second-order valence-corrected chi connectivity index (χ2v) is 5.82. The molecule has 0 aliphatic rings. The number of aromatic hydroxyl groups is 1. The lowest BCUT2D eigenvalue weighted by atomic mass is 10.1. The zero-order valence-corrected chi connectivity index (χ0v) is 13.4. The average Bonchev–Trinajstić information content (AvgIpc) is 2.58. The molecule has 3 aromatic rings. The summed E-state index contributed by atoms with van der Waals surface area (Å²) in [6, 6.07) is 13.8. The Morgan fingerprint density at radius 2 is 1.67 bits per heavy atom. The van der Waals surface area contributed by atoms with E-state index in [-0.39, 0.29) is 17.1 Å². The van der Waals surface area contributed by atoms with Crippen LogP contribution in [0.15, 0.2) is 58.1 Å². The number of phenols is 1. The van der Waals surface area contributed by atoms with Crippen molar-refractivity contribution in [3.05, 3.63) is 79.6 Å². The summed E-state index contributed by atoms with van der Waals surface area (Å²) >= 11 is 5.82. The van der Waals surface area contributed by atoms with Gasteiger partial charge in [0, 0.05) is 17.3 Å². The van der Waals surface area contributed by atoms with Crippen molar-refractivity contribution in [3.8, 4) is 5.75 Å². The number of phenolic OH excluding ortho intramolecular Hbond substituents is 1. The molecule has 0 bridgehead atoms. The Bertz CT molecular complexity index is 928. The van der Waals surface area contributed by atoms with Crippen LogP contribution in [0.2, 0.25) is 5.02 Å². The fraction of sp³-hybridized carbons (Fsp3) is 0.111. The molecule has 0 radical (unpaired) electrons. The molecule has 0 amide bonds. The van der Waals surface area contributed by atoms with Gasteiger partial charge in [-0.2, -0.15) is 0 Å². The quantitative estimate of drug-likeness (QED) is 0.600. The summed E-state index contributed by atoms with van der Waals surface area (Å²) in [5, 5.41) is 16.0.